The first-order valence-electron chi connectivity index (χ1n) is 12.4. The number of ether oxygens (including phenoxy) is 7. The smallest absolute Gasteiger partial charge is 0.338 e. The van der Waals surface area contributed by atoms with Crippen molar-refractivity contribution in [2.24, 2.45) is 5.92 Å². The van der Waals surface area contributed by atoms with Gasteiger partial charge >= 0.3 is 5.97 Å². The first kappa shape index (κ1) is 25.4. The Kier molecular flexibility index (Phi) is 7.09. The molecule has 0 amide bonds. The fraction of sp³-hybridized carbons (Fsp3) is 0.345. The van der Waals surface area contributed by atoms with E-state index in [9.17, 15) is 4.79 Å². The van der Waals surface area contributed by atoms with Crippen molar-refractivity contribution in [1.82, 2.24) is 0 Å². The molecule has 5 rings (SSSR count). The van der Waals surface area contributed by atoms with Crippen molar-refractivity contribution in [3.8, 4) is 34.5 Å². The predicted octanol–water partition coefficient (Wildman–Crippen LogP) is 5.22. The summed E-state index contributed by atoms with van der Waals surface area (Å²) in [6.45, 7) is 4.39. The van der Waals surface area contributed by atoms with Gasteiger partial charge in [0.2, 0.25) is 12.5 Å². The molecule has 0 bridgehead atoms. The lowest BCUT2D eigenvalue weighted by atomic mass is 9.78. The first-order chi connectivity index (χ1) is 18.5. The van der Waals surface area contributed by atoms with E-state index in [1.807, 2.05) is 36.4 Å². The molecule has 0 aromatic heterocycles. The number of esters is 1. The third-order valence-corrected chi connectivity index (χ3v) is 6.85. The average molecular weight is 522 g/mol. The molecule has 9 nitrogen and oxygen atoms in total. The van der Waals surface area contributed by atoms with Gasteiger partial charge in [-0.25, -0.2) is 4.79 Å². The lowest BCUT2D eigenvalue weighted by molar-refractivity contribution is 0.0526. The maximum Gasteiger partial charge on any atom is 0.338 e. The molecule has 9 heteroatoms. The van der Waals surface area contributed by atoms with E-state index >= 15 is 0 Å². The lowest BCUT2D eigenvalue weighted by Crippen LogP contribution is -2.40. The van der Waals surface area contributed by atoms with Crippen LogP contribution >= 0.6 is 0 Å². The molecule has 0 aliphatic carbocycles. The molecule has 1 N–H and O–H groups in total. The summed E-state index contributed by atoms with van der Waals surface area (Å²) >= 11 is 0. The summed E-state index contributed by atoms with van der Waals surface area (Å²) in [5.74, 6) is 3.16. The predicted molar refractivity (Wildman–Crippen MR) is 140 cm³/mol. The second kappa shape index (κ2) is 10.6. The van der Waals surface area contributed by atoms with Crippen molar-refractivity contribution >= 4 is 11.7 Å². The van der Waals surface area contributed by atoms with Crippen LogP contribution in [0, 0.1) is 5.92 Å². The molecule has 3 aromatic carbocycles. The van der Waals surface area contributed by atoms with Gasteiger partial charge in [-0.1, -0.05) is 6.92 Å². The Bertz CT molecular complexity index is 1300. The minimum atomic E-state index is -0.402. The van der Waals surface area contributed by atoms with E-state index in [4.69, 9.17) is 33.2 Å². The number of benzene rings is 3. The summed E-state index contributed by atoms with van der Waals surface area (Å²) in [4.78, 5) is 12.1. The number of carbonyl (C=O) groups is 1. The van der Waals surface area contributed by atoms with Gasteiger partial charge in [0, 0.05) is 29.2 Å². The quantitative estimate of drug-likeness (QED) is 0.401. The Balaban J connectivity index is 1.54. The van der Waals surface area contributed by atoms with Crippen molar-refractivity contribution in [3.63, 3.8) is 0 Å². The Morgan fingerprint density at radius 3 is 2.18 bits per heavy atom. The highest BCUT2D eigenvalue weighted by Gasteiger charge is 2.39. The average Bonchev–Trinajstić information content (AvgIpc) is 3.39. The molecule has 0 radical (unpaired) electrons. The van der Waals surface area contributed by atoms with E-state index < -0.39 is 6.23 Å². The third kappa shape index (κ3) is 4.60. The van der Waals surface area contributed by atoms with Gasteiger partial charge in [-0.3, -0.25) is 0 Å². The number of hydrogen-bond donors (Lipinski definition) is 1. The summed E-state index contributed by atoms with van der Waals surface area (Å²) in [6, 6.07) is 14.9. The van der Waals surface area contributed by atoms with Crippen LogP contribution in [-0.4, -0.2) is 46.9 Å². The minimum absolute atomic E-state index is 0.0459. The molecule has 2 aliphatic rings. The van der Waals surface area contributed by atoms with E-state index in [1.165, 1.54) is 0 Å². The molecule has 38 heavy (non-hydrogen) atoms. The van der Waals surface area contributed by atoms with E-state index in [0.29, 0.717) is 46.7 Å². The maximum absolute atomic E-state index is 12.1. The number of rotatable bonds is 8. The van der Waals surface area contributed by atoms with Crippen molar-refractivity contribution < 1.29 is 38.0 Å². The number of anilines is 1. The first-order valence-corrected chi connectivity index (χ1v) is 12.4. The van der Waals surface area contributed by atoms with Gasteiger partial charge in [0.05, 0.1) is 33.5 Å². The van der Waals surface area contributed by atoms with Gasteiger partial charge < -0.3 is 38.5 Å². The van der Waals surface area contributed by atoms with Crippen LogP contribution in [0.2, 0.25) is 0 Å². The lowest BCUT2D eigenvalue weighted by Gasteiger charge is -2.39. The number of nitrogens with one attached hydrogen (secondary N) is 1. The molecular formula is C29H31NO8. The van der Waals surface area contributed by atoms with Crippen LogP contribution in [0.25, 0.3) is 0 Å². The number of hydrogen-bond acceptors (Lipinski definition) is 9. The van der Waals surface area contributed by atoms with Crippen molar-refractivity contribution in [1.29, 1.82) is 0 Å². The molecule has 3 aromatic rings. The zero-order chi connectivity index (χ0) is 26.8. The standard InChI is InChI=1S/C29H31NO8/c1-6-35-29(31)17-7-9-19(10-8-17)30-28-16(2)26(18-11-24(32-3)27(34-5)25(12-18)33-4)20-13-22-23(37-15-36-22)14-21(20)38-28/h7-14,16,26,28,30H,6,15H2,1-5H3/t16-,26+,28-/m1/s1. The Hall–Kier alpha value is -4.27. The molecule has 2 heterocycles. The molecule has 2 aliphatic heterocycles. The third-order valence-electron chi connectivity index (χ3n) is 6.85. The highest BCUT2D eigenvalue weighted by molar-refractivity contribution is 5.89. The summed E-state index contributed by atoms with van der Waals surface area (Å²) in [5.41, 5.74) is 3.23. The molecular weight excluding hydrogens is 490 g/mol. The summed E-state index contributed by atoms with van der Waals surface area (Å²) < 4.78 is 39.7. The monoisotopic (exact) mass is 521 g/mol. The van der Waals surface area contributed by atoms with Crippen LogP contribution in [0.5, 0.6) is 34.5 Å². The van der Waals surface area contributed by atoms with E-state index in [2.05, 4.69) is 12.2 Å². The Labute approximate surface area is 221 Å². The Morgan fingerprint density at radius 2 is 1.58 bits per heavy atom. The number of fused-ring (bicyclic) bond motifs is 2. The second-order valence-corrected chi connectivity index (χ2v) is 9.02. The van der Waals surface area contributed by atoms with Crippen molar-refractivity contribution in [3.05, 3.63) is 65.2 Å². The summed E-state index contributed by atoms with van der Waals surface area (Å²) in [7, 11) is 4.79. The van der Waals surface area contributed by atoms with Crippen LogP contribution in [0.1, 0.15) is 41.3 Å². The highest BCUT2D eigenvalue weighted by atomic mass is 16.7. The van der Waals surface area contributed by atoms with Crippen molar-refractivity contribution in [2.45, 2.75) is 26.0 Å². The fourth-order valence-corrected chi connectivity index (χ4v) is 4.99. The summed E-state index contributed by atoms with van der Waals surface area (Å²) in [5, 5.41) is 3.48. The SMILES string of the molecule is CCOC(=O)c1ccc(N[C@@H]2Oc3cc4c(cc3[C@H](c3cc(OC)c(OC)c(OC)c3)[C@H]2C)OCO4)cc1. The topological polar surface area (TPSA) is 93.7 Å². The molecule has 0 unspecified atom stereocenters. The van der Waals surface area contributed by atoms with Crippen LogP contribution in [0.3, 0.4) is 0 Å². The van der Waals surface area contributed by atoms with Gasteiger partial charge in [-0.2, -0.15) is 0 Å². The number of methoxy groups -OCH3 is 3. The minimum Gasteiger partial charge on any atom is -0.493 e. The molecule has 0 saturated heterocycles. The second-order valence-electron chi connectivity index (χ2n) is 9.02. The van der Waals surface area contributed by atoms with Gasteiger partial charge in [0.15, 0.2) is 29.2 Å². The maximum atomic E-state index is 12.1. The normalized spacial score (nSPS) is 19.1. The fourth-order valence-electron chi connectivity index (χ4n) is 4.99. The molecule has 0 fully saturated rings. The molecule has 0 spiro atoms. The van der Waals surface area contributed by atoms with Crippen LogP contribution in [-0.2, 0) is 4.74 Å². The number of carbonyl (C=O) groups excluding carboxylic acids is 1. The van der Waals surface area contributed by atoms with Crippen molar-refractivity contribution in [2.75, 3.05) is 40.0 Å². The zero-order valence-corrected chi connectivity index (χ0v) is 22.0. The largest absolute Gasteiger partial charge is 0.493 e. The van der Waals surface area contributed by atoms with Crippen LogP contribution in [0.15, 0.2) is 48.5 Å². The van der Waals surface area contributed by atoms with Gasteiger partial charge in [0.1, 0.15) is 5.75 Å². The molecule has 0 saturated carbocycles. The van der Waals surface area contributed by atoms with E-state index in [0.717, 1.165) is 16.8 Å². The highest BCUT2D eigenvalue weighted by Crippen LogP contribution is 2.51. The van der Waals surface area contributed by atoms with E-state index in [1.54, 1.807) is 40.4 Å². The molecule has 3 atom stereocenters. The zero-order valence-electron chi connectivity index (χ0n) is 22.0. The molecule has 200 valence electrons. The van der Waals surface area contributed by atoms with Crippen LogP contribution < -0.4 is 33.7 Å². The Morgan fingerprint density at radius 1 is 0.921 bits per heavy atom. The van der Waals surface area contributed by atoms with Gasteiger partial charge in [0.25, 0.3) is 0 Å². The van der Waals surface area contributed by atoms with Gasteiger partial charge in [-0.15, -0.1) is 0 Å². The van der Waals surface area contributed by atoms with Crippen LogP contribution in [0.4, 0.5) is 5.69 Å². The van der Waals surface area contributed by atoms with Gasteiger partial charge in [-0.05, 0) is 55.0 Å². The summed E-state index contributed by atoms with van der Waals surface area (Å²) in [6.07, 6.45) is -0.402. The van der Waals surface area contributed by atoms with E-state index in [-0.39, 0.29) is 24.6 Å².